The van der Waals surface area contributed by atoms with Gasteiger partial charge < -0.3 is 5.32 Å². The normalized spacial score (nSPS) is 17.6. The van der Waals surface area contributed by atoms with Crippen LogP contribution in [0, 0.1) is 0 Å². The number of nitrogens with one attached hydrogen (secondary N) is 1. The number of carbonyl (C=O) groups excluding carboxylic acids is 1. The smallest absolute Gasteiger partial charge is 0.234 e. The van der Waals surface area contributed by atoms with Crippen LogP contribution in [0.15, 0.2) is 17.5 Å². The summed E-state index contributed by atoms with van der Waals surface area (Å²) in [6.07, 6.45) is 5.09. The van der Waals surface area contributed by atoms with Crippen LogP contribution in [0.3, 0.4) is 0 Å². The van der Waals surface area contributed by atoms with Crippen molar-refractivity contribution >= 4 is 17.2 Å². The topological polar surface area (TPSA) is 32.3 Å². The summed E-state index contributed by atoms with van der Waals surface area (Å²) in [5, 5.41) is 5.02. The minimum Gasteiger partial charge on any atom is -0.350 e. The Kier molecular flexibility index (Phi) is 5.01. The molecule has 1 amide bonds. The van der Waals surface area contributed by atoms with E-state index >= 15 is 0 Å². The van der Waals surface area contributed by atoms with Crippen molar-refractivity contribution in [3.05, 3.63) is 22.4 Å². The Balaban J connectivity index is 1.69. The van der Waals surface area contributed by atoms with Crippen molar-refractivity contribution in [2.45, 2.75) is 32.2 Å². The molecule has 1 aliphatic heterocycles. The highest BCUT2D eigenvalue weighted by molar-refractivity contribution is 7.09. The summed E-state index contributed by atoms with van der Waals surface area (Å²) in [5.41, 5.74) is 0. The maximum absolute atomic E-state index is 11.8. The molecule has 1 saturated heterocycles. The number of rotatable bonds is 4. The van der Waals surface area contributed by atoms with Crippen molar-refractivity contribution in [2.75, 3.05) is 19.6 Å². The predicted octanol–water partition coefficient (Wildman–Crippen LogP) is 2.24. The van der Waals surface area contributed by atoms with Gasteiger partial charge in [0, 0.05) is 4.88 Å². The Morgan fingerprint density at radius 2 is 2.06 bits per heavy atom. The Morgan fingerprint density at radius 1 is 1.29 bits per heavy atom. The van der Waals surface area contributed by atoms with Gasteiger partial charge in [0.15, 0.2) is 0 Å². The highest BCUT2D eigenvalue weighted by Crippen LogP contribution is 2.09. The molecule has 1 fully saturated rings. The Bertz CT molecular complexity index is 329. The monoisotopic (exact) mass is 252 g/mol. The second-order valence-electron chi connectivity index (χ2n) is 4.55. The van der Waals surface area contributed by atoms with Gasteiger partial charge in [-0.2, -0.15) is 0 Å². The van der Waals surface area contributed by atoms with Crippen LogP contribution in [0.5, 0.6) is 0 Å². The number of thiophene rings is 1. The van der Waals surface area contributed by atoms with Crippen LogP contribution in [0.25, 0.3) is 0 Å². The molecule has 2 heterocycles. The van der Waals surface area contributed by atoms with Gasteiger partial charge >= 0.3 is 0 Å². The molecule has 1 aliphatic rings. The van der Waals surface area contributed by atoms with E-state index in [1.165, 1.54) is 30.6 Å². The first kappa shape index (κ1) is 12.6. The average Bonchev–Trinajstić information content (AvgIpc) is 2.72. The number of carbonyl (C=O) groups is 1. The lowest BCUT2D eigenvalue weighted by Crippen LogP contribution is -2.37. The van der Waals surface area contributed by atoms with Crippen LogP contribution < -0.4 is 5.32 Å². The SMILES string of the molecule is O=C(CN1CCCCCC1)NCc1cccs1. The van der Waals surface area contributed by atoms with Crippen LogP contribution in [0.4, 0.5) is 0 Å². The van der Waals surface area contributed by atoms with E-state index in [2.05, 4.69) is 16.3 Å². The first-order chi connectivity index (χ1) is 8.34. The highest BCUT2D eigenvalue weighted by atomic mass is 32.1. The third kappa shape index (κ3) is 4.48. The average molecular weight is 252 g/mol. The summed E-state index contributed by atoms with van der Waals surface area (Å²) in [5.74, 6) is 0.153. The summed E-state index contributed by atoms with van der Waals surface area (Å²) < 4.78 is 0. The summed E-state index contributed by atoms with van der Waals surface area (Å²) in [6.45, 7) is 3.38. The van der Waals surface area contributed by atoms with Crippen LogP contribution in [0.1, 0.15) is 30.6 Å². The number of hydrogen-bond acceptors (Lipinski definition) is 3. The summed E-state index contributed by atoms with van der Waals surface area (Å²) in [4.78, 5) is 15.3. The molecule has 94 valence electrons. The molecule has 0 unspecified atom stereocenters. The largest absolute Gasteiger partial charge is 0.350 e. The molecule has 2 rings (SSSR count). The van der Waals surface area contributed by atoms with Gasteiger partial charge in [0.05, 0.1) is 13.1 Å². The molecule has 0 atom stereocenters. The zero-order chi connectivity index (χ0) is 11.9. The lowest BCUT2D eigenvalue weighted by Gasteiger charge is -2.18. The van der Waals surface area contributed by atoms with Crippen molar-refractivity contribution in [3.8, 4) is 0 Å². The fourth-order valence-electron chi connectivity index (χ4n) is 2.15. The first-order valence-electron chi connectivity index (χ1n) is 6.36. The lowest BCUT2D eigenvalue weighted by atomic mass is 10.2. The maximum atomic E-state index is 11.8. The zero-order valence-electron chi connectivity index (χ0n) is 10.2. The van der Waals surface area contributed by atoms with Crippen LogP contribution in [0.2, 0.25) is 0 Å². The van der Waals surface area contributed by atoms with Gasteiger partial charge in [0.2, 0.25) is 5.91 Å². The van der Waals surface area contributed by atoms with E-state index in [1.54, 1.807) is 11.3 Å². The predicted molar refractivity (Wildman–Crippen MR) is 71.1 cm³/mol. The molecular weight excluding hydrogens is 232 g/mol. The molecular formula is C13H20N2OS. The number of amides is 1. The molecule has 1 N–H and O–H groups in total. The van der Waals surface area contributed by atoms with E-state index in [-0.39, 0.29) is 5.91 Å². The molecule has 0 aromatic carbocycles. The standard InChI is InChI=1S/C13H20N2OS/c16-13(14-10-12-6-5-9-17-12)11-15-7-3-1-2-4-8-15/h5-6,9H,1-4,7-8,10-11H2,(H,14,16). The second-order valence-corrected chi connectivity index (χ2v) is 5.58. The Hall–Kier alpha value is -0.870. The molecule has 4 heteroatoms. The third-order valence-electron chi connectivity index (χ3n) is 3.11. The molecule has 17 heavy (non-hydrogen) atoms. The van der Waals surface area contributed by atoms with Gasteiger partial charge in [-0.15, -0.1) is 11.3 Å². The van der Waals surface area contributed by atoms with E-state index in [1.807, 2.05) is 11.4 Å². The summed E-state index contributed by atoms with van der Waals surface area (Å²) >= 11 is 1.69. The van der Waals surface area contributed by atoms with Crippen molar-refractivity contribution < 1.29 is 4.79 Å². The minimum absolute atomic E-state index is 0.153. The van der Waals surface area contributed by atoms with Crippen LogP contribution in [-0.4, -0.2) is 30.4 Å². The fraction of sp³-hybridized carbons (Fsp3) is 0.615. The molecule has 0 saturated carbocycles. The van der Waals surface area contributed by atoms with Gasteiger partial charge in [-0.25, -0.2) is 0 Å². The quantitative estimate of drug-likeness (QED) is 0.891. The van der Waals surface area contributed by atoms with E-state index < -0.39 is 0 Å². The van der Waals surface area contributed by atoms with Gasteiger partial charge in [0.1, 0.15) is 0 Å². The maximum Gasteiger partial charge on any atom is 0.234 e. The van der Waals surface area contributed by atoms with Gasteiger partial charge in [-0.1, -0.05) is 18.9 Å². The van der Waals surface area contributed by atoms with Crippen molar-refractivity contribution in [3.63, 3.8) is 0 Å². The van der Waals surface area contributed by atoms with E-state index in [0.717, 1.165) is 13.1 Å². The van der Waals surface area contributed by atoms with Crippen molar-refractivity contribution in [2.24, 2.45) is 0 Å². The minimum atomic E-state index is 0.153. The number of likely N-dealkylation sites (tertiary alicyclic amines) is 1. The molecule has 3 nitrogen and oxygen atoms in total. The van der Waals surface area contributed by atoms with Crippen LogP contribution >= 0.6 is 11.3 Å². The molecule has 0 radical (unpaired) electrons. The second kappa shape index (κ2) is 6.77. The van der Waals surface area contributed by atoms with E-state index in [4.69, 9.17) is 0 Å². The lowest BCUT2D eigenvalue weighted by molar-refractivity contribution is -0.122. The molecule has 1 aromatic heterocycles. The fourth-order valence-corrected chi connectivity index (χ4v) is 2.80. The third-order valence-corrected chi connectivity index (χ3v) is 3.98. The number of hydrogen-bond donors (Lipinski definition) is 1. The Morgan fingerprint density at radius 3 is 2.71 bits per heavy atom. The van der Waals surface area contributed by atoms with E-state index in [9.17, 15) is 4.79 Å². The molecule has 0 spiro atoms. The summed E-state index contributed by atoms with van der Waals surface area (Å²) in [6, 6.07) is 4.07. The van der Waals surface area contributed by atoms with E-state index in [0.29, 0.717) is 13.1 Å². The Labute approximate surface area is 107 Å². The van der Waals surface area contributed by atoms with Gasteiger partial charge in [0.25, 0.3) is 0 Å². The summed E-state index contributed by atoms with van der Waals surface area (Å²) in [7, 11) is 0. The van der Waals surface area contributed by atoms with Crippen LogP contribution in [-0.2, 0) is 11.3 Å². The molecule has 1 aromatic rings. The van der Waals surface area contributed by atoms with Crippen molar-refractivity contribution in [1.29, 1.82) is 0 Å². The first-order valence-corrected chi connectivity index (χ1v) is 7.24. The van der Waals surface area contributed by atoms with Gasteiger partial charge in [-0.3, -0.25) is 9.69 Å². The molecule has 0 aliphatic carbocycles. The zero-order valence-corrected chi connectivity index (χ0v) is 11.0. The number of nitrogens with zero attached hydrogens (tertiary/aromatic N) is 1. The van der Waals surface area contributed by atoms with Crippen molar-refractivity contribution in [1.82, 2.24) is 10.2 Å². The molecule has 0 bridgehead atoms. The van der Waals surface area contributed by atoms with Gasteiger partial charge in [-0.05, 0) is 37.4 Å². The highest BCUT2D eigenvalue weighted by Gasteiger charge is 2.12.